The van der Waals surface area contributed by atoms with E-state index in [-0.39, 0.29) is 17.8 Å². The van der Waals surface area contributed by atoms with Crippen LogP contribution in [0.25, 0.3) is 0 Å². The second-order valence-corrected chi connectivity index (χ2v) is 5.44. The van der Waals surface area contributed by atoms with Gasteiger partial charge in [-0.1, -0.05) is 12.1 Å². The molecule has 114 valence electrons. The van der Waals surface area contributed by atoms with E-state index in [1.807, 2.05) is 6.92 Å². The van der Waals surface area contributed by atoms with Crippen LogP contribution in [0.2, 0.25) is 0 Å². The van der Waals surface area contributed by atoms with E-state index in [4.69, 9.17) is 0 Å². The predicted octanol–water partition coefficient (Wildman–Crippen LogP) is 3.99. The molecule has 1 unspecified atom stereocenters. The zero-order chi connectivity index (χ0) is 15.3. The topological polar surface area (TPSA) is 23.5 Å². The van der Waals surface area contributed by atoms with Gasteiger partial charge in [0.2, 0.25) is 0 Å². The summed E-state index contributed by atoms with van der Waals surface area (Å²) in [6.07, 6.45) is -2.82. The van der Waals surface area contributed by atoms with Crippen molar-refractivity contribution < 1.29 is 18.3 Å². The van der Waals surface area contributed by atoms with Gasteiger partial charge in [0.1, 0.15) is 5.75 Å². The minimum atomic E-state index is -4.17. The monoisotopic (exact) mass is 289 g/mol. The van der Waals surface area contributed by atoms with Gasteiger partial charge in [-0.2, -0.15) is 13.2 Å². The molecule has 0 aliphatic heterocycles. The van der Waals surface area contributed by atoms with E-state index in [0.29, 0.717) is 12.8 Å². The second kappa shape index (κ2) is 6.97. The first-order valence-corrected chi connectivity index (χ1v) is 6.79. The Balaban J connectivity index is 2.58. The molecule has 0 bridgehead atoms. The molecule has 0 spiro atoms. The Kier molecular flexibility index (Phi) is 5.87. The molecule has 1 N–H and O–H groups in total. The highest BCUT2D eigenvalue weighted by atomic mass is 19.4. The second-order valence-electron chi connectivity index (χ2n) is 5.44. The number of nitrogens with zero attached hydrogens (tertiary/aromatic N) is 1. The third-order valence-corrected chi connectivity index (χ3v) is 3.38. The lowest BCUT2D eigenvalue weighted by molar-refractivity contribution is -0.154. The summed E-state index contributed by atoms with van der Waals surface area (Å²) in [5.74, 6) is 0.197. The van der Waals surface area contributed by atoms with Gasteiger partial charge >= 0.3 is 6.18 Å². The number of alkyl halides is 3. The minimum Gasteiger partial charge on any atom is -0.508 e. The van der Waals surface area contributed by atoms with Crippen molar-refractivity contribution in [2.45, 2.75) is 51.9 Å². The summed E-state index contributed by atoms with van der Waals surface area (Å²) in [5.41, 5.74) is 1.02. The predicted molar refractivity (Wildman–Crippen MR) is 73.8 cm³/mol. The molecule has 0 aliphatic carbocycles. The molecule has 1 aromatic carbocycles. The van der Waals surface area contributed by atoms with E-state index >= 15 is 0 Å². The zero-order valence-electron chi connectivity index (χ0n) is 12.1. The van der Waals surface area contributed by atoms with Gasteiger partial charge in [-0.15, -0.1) is 0 Å². The van der Waals surface area contributed by atoms with Crippen LogP contribution in [-0.2, 0) is 6.42 Å². The van der Waals surface area contributed by atoms with E-state index in [9.17, 15) is 18.3 Å². The lowest BCUT2D eigenvalue weighted by atomic mass is 10.0. The van der Waals surface area contributed by atoms with Crippen LogP contribution in [0.4, 0.5) is 13.2 Å². The Morgan fingerprint density at radius 3 is 2.10 bits per heavy atom. The number of halogens is 3. The number of benzene rings is 1. The van der Waals surface area contributed by atoms with E-state index < -0.39 is 12.7 Å². The molecule has 1 atom stereocenters. The molecule has 1 rings (SSSR count). The maximum atomic E-state index is 12.6. The van der Waals surface area contributed by atoms with E-state index in [2.05, 4.69) is 0 Å². The summed E-state index contributed by atoms with van der Waals surface area (Å²) in [5, 5.41) is 9.19. The van der Waals surface area contributed by atoms with Gasteiger partial charge in [0.15, 0.2) is 0 Å². The maximum Gasteiger partial charge on any atom is 0.401 e. The summed E-state index contributed by atoms with van der Waals surface area (Å²) in [6.45, 7) is 4.51. The van der Waals surface area contributed by atoms with E-state index in [1.165, 1.54) is 4.90 Å². The van der Waals surface area contributed by atoms with Gasteiger partial charge in [0, 0.05) is 12.1 Å². The van der Waals surface area contributed by atoms with Crippen molar-refractivity contribution in [1.82, 2.24) is 4.90 Å². The smallest absolute Gasteiger partial charge is 0.401 e. The molecule has 0 saturated heterocycles. The molecule has 5 heteroatoms. The van der Waals surface area contributed by atoms with Gasteiger partial charge in [-0.25, -0.2) is 0 Å². The highest BCUT2D eigenvalue weighted by Gasteiger charge is 2.33. The minimum absolute atomic E-state index is 0.147. The van der Waals surface area contributed by atoms with Gasteiger partial charge in [-0.05, 0) is 51.3 Å². The van der Waals surface area contributed by atoms with E-state index in [1.54, 1.807) is 38.1 Å². The lowest BCUT2D eigenvalue weighted by Gasteiger charge is -2.33. The fourth-order valence-electron chi connectivity index (χ4n) is 2.26. The highest BCUT2D eigenvalue weighted by molar-refractivity contribution is 5.25. The first-order valence-electron chi connectivity index (χ1n) is 6.79. The van der Waals surface area contributed by atoms with Crippen molar-refractivity contribution in [3.05, 3.63) is 29.8 Å². The number of phenols is 1. The summed E-state index contributed by atoms with van der Waals surface area (Å²) in [6, 6.07) is 6.49. The molecule has 0 saturated carbocycles. The summed E-state index contributed by atoms with van der Waals surface area (Å²) in [4.78, 5) is 1.47. The fourth-order valence-corrected chi connectivity index (χ4v) is 2.26. The highest BCUT2D eigenvalue weighted by Crippen LogP contribution is 2.22. The Labute approximate surface area is 118 Å². The quantitative estimate of drug-likeness (QED) is 0.856. The molecular formula is C15H22F3NO. The average molecular weight is 289 g/mol. The third-order valence-electron chi connectivity index (χ3n) is 3.38. The molecule has 0 heterocycles. The van der Waals surface area contributed by atoms with Crippen LogP contribution < -0.4 is 0 Å². The SMILES string of the molecule is CC(C)N(CC(F)(F)F)C(C)CCc1ccc(O)cc1. The van der Waals surface area contributed by atoms with E-state index in [0.717, 1.165) is 5.56 Å². The maximum absolute atomic E-state index is 12.6. The van der Waals surface area contributed by atoms with Crippen LogP contribution >= 0.6 is 0 Å². The Morgan fingerprint density at radius 1 is 1.10 bits per heavy atom. The Bertz CT molecular complexity index is 401. The fraction of sp³-hybridized carbons (Fsp3) is 0.600. The summed E-state index contributed by atoms with van der Waals surface area (Å²) < 4.78 is 37.7. The Hall–Kier alpha value is -1.23. The van der Waals surface area contributed by atoms with Crippen molar-refractivity contribution in [2.24, 2.45) is 0 Å². The number of phenolic OH excluding ortho intramolecular Hbond substituents is 1. The molecule has 0 fully saturated rings. The van der Waals surface area contributed by atoms with Gasteiger partial charge in [0.25, 0.3) is 0 Å². The van der Waals surface area contributed by atoms with Crippen LogP contribution in [0.15, 0.2) is 24.3 Å². The lowest BCUT2D eigenvalue weighted by Crippen LogP contribution is -2.44. The zero-order valence-corrected chi connectivity index (χ0v) is 12.1. The largest absolute Gasteiger partial charge is 0.508 e. The van der Waals surface area contributed by atoms with Crippen molar-refractivity contribution in [3.8, 4) is 5.75 Å². The summed E-state index contributed by atoms with van der Waals surface area (Å²) in [7, 11) is 0. The van der Waals surface area contributed by atoms with Crippen LogP contribution in [0.3, 0.4) is 0 Å². The van der Waals surface area contributed by atoms with Gasteiger partial charge < -0.3 is 5.11 Å². The first kappa shape index (κ1) is 16.8. The molecule has 0 aromatic heterocycles. The van der Waals surface area contributed by atoms with Crippen molar-refractivity contribution in [2.75, 3.05) is 6.54 Å². The normalized spacial score (nSPS) is 14.0. The van der Waals surface area contributed by atoms with Gasteiger partial charge in [0.05, 0.1) is 6.54 Å². The molecule has 20 heavy (non-hydrogen) atoms. The number of aryl methyl sites for hydroxylation is 1. The number of hydrogen-bond acceptors (Lipinski definition) is 2. The molecule has 0 radical (unpaired) electrons. The summed E-state index contributed by atoms with van der Waals surface area (Å²) >= 11 is 0. The van der Waals surface area contributed by atoms with Gasteiger partial charge in [-0.3, -0.25) is 4.90 Å². The molecular weight excluding hydrogens is 267 g/mol. The van der Waals surface area contributed by atoms with Crippen molar-refractivity contribution in [3.63, 3.8) is 0 Å². The van der Waals surface area contributed by atoms with Crippen molar-refractivity contribution >= 4 is 0 Å². The number of rotatable bonds is 6. The number of hydrogen-bond donors (Lipinski definition) is 1. The standard InChI is InChI=1S/C15H22F3NO/c1-11(2)19(10-15(16,17)18)12(3)4-5-13-6-8-14(20)9-7-13/h6-9,11-12,20H,4-5,10H2,1-3H3. The molecule has 0 aliphatic rings. The van der Waals surface area contributed by atoms with Crippen molar-refractivity contribution in [1.29, 1.82) is 0 Å². The molecule has 2 nitrogen and oxygen atoms in total. The van der Waals surface area contributed by atoms with Crippen LogP contribution in [0.1, 0.15) is 32.8 Å². The first-order chi connectivity index (χ1) is 9.19. The molecule has 0 amide bonds. The van der Waals surface area contributed by atoms with Crippen LogP contribution in [0, 0.1) is 0 Å². The number of aromatic hydroxyl groups is 1. The third kappa shape index (κ3) is 5.82. The average Bonchev–Trinajstić information content (AvgIpc) is 2.33. The molecule has 1 aromatic rings. The van der Waals surface area contributed by atoms with Crippen LogP contribution in [-0.4, -0.2) is 34.8 Å². The Morgan fingerprint density at radius 2 is 1.65 bits per heavy atom. The van der Waals surface area contributed by atoms with Crippen LogP contribution in [0.5, 0.6) is 5.75 Å².